The van der Waals surface area contributed by atoms with Gasteiger partial charge < -0.3 is 18.9 Å². The Bertz CT molecular complexity index is 614. The molecule has 0 amide bonds. The molecular formula is C20H24O5. The third-order valence-corrected chi connectivity index (χ3v) is 3.65. The molecule has 0 bridgehead atoms. The summed E-state index contributed by atoms with van der Waals surface area (Å²) in [5, 5.41) is 0. The van der Waals surface area contributed by atoms with Crippen LogP contribution < -0.4 is 0 Å². The molecule has 0 aliphatic rings. The summed E-state index contributed by atoms with van der Waals surface area (Å²) >= 11 is 0. The second-order valence-corrected chi connectivity index (χ2v) is 5.53. The lowest BCUT2D eigenvalue weighted by Gasteiger charge is -2.20. The first-order chi connectivity index (χ1) is 12.2. The molecule has 0 heterocycles. The van der Waals surface area contributed by atoms with Crippen molar-refractivity contribution in [1.29, 1.82) is 0 Å². The van der Waals surface area contributed by atoms with Crippen LogP contribution in [0.2, 0.25) is 0 Å². The molecule has 0 fully saturated rings. The number of ketones is 1. The molecule has 0 aliphatic heterocycles. The molecule has 2 atom stereocenters. The molecule has 0 aliphatic carbocycles. The van der Waals surface area contributed by atoms with Crippen LogP contribution >= 0.6 is 0 Å². The molecule has 134 valence electrons. The van der Waals surface area contributed by atoms with Crippen LogP contribution in [0.4, 0.5) is 0 Å². The van der Waals surface area contributed by atoms with Crippen molar-refractivity contribution in [3.05, 3.63) is 71.8 Å². The third kappa shape index (κ3) is 6.76. The second-order valence-electron chi connectivity index (χ2n) is 5.53. The first kappa shape index (κ1) is 19.3. The van der Waals surface area contributed by atoms with Crippen molar-refractivity contribution in [3.8, 4) is 0 Å². The minimum absolute atomic E-state index is 0.0451. The highest BCUT2D eigenvalue weighted by atomic mass is 16.7. The van der Waals surface area contributed by atoms with Gasteiger partial charge in [-0.2, -0.15) is 0 Å². The van der Waals surface area contributed by atoms with Gasteiger partial charge in [-0.1, -0.05) is 60.7 Å². The standard InChI is InChI=1S/C20H24O5/c1-16(22-2)19(21)20(24-14-18-11-7-4-8-12-18)25-15-23-13-17-9-5-3-6-10-17/h3-12,16,20H,13-15H2,1-2H3/t16-,20+/m0/s1. The Labute approximate surface area is 148 Å². The van der Waals surface area contributed by atoms with Crippen LogP contribution in [-0.4, -0.2) is 32.1 Å². The van der Waals surface area contributed by atoms with Crippen molar-refractivity contribution in [3.63, 3.8) is 0 Å². The monoisotopic (exact) mass is 344 g/mol. The molecule has 2 aromatic carbocycles. The molecule has 0 radical (unpaired) electrons. The lowest BCUT2D eigenvalue weighted by Crippen LogP contribution is -2.36. The normalized spacial score (nSPS) is 13.4. The van der Waals surface area contributed by atoms with Gasteiger partial charge in [0.25, 0.3) is 0 Å². The first-order valence-electron chi connectivity index (χ1n) is 8.16. The summed E-state index contributed by atoms with van der Waals surface area (Å²) in [6.07, 6.45) is -1.65. The van der Waals surface area contributed by atoms with E-state index in [4.69, 9.17) is 18.9 Å². The summed E-state index contributed by atoms with van der Waals surface area (Å²) in [6.45, 7) is 2.29. The van der Waals surface area contributed by atoms with Crippen LogP contribution in [0.1, 0.15) is 18.1 Å². The van der Waals surface area contributed by atoms with Crippen LogP contribution in [0.3, 0.4) is 0 Å². The first-order valence-corrected chi connectivity index (χ1v) is 8.16. The largest absolute Gasteiger partial charge is 0.374 e. The molecule has 0 unspecified atom stereocenters. The SMILES string of the molecule is CO[C@@H](C)C(=O)[C@@H](OCOCc1ccccc1)OCc1ccccc1. The fourth-order valence-corrected chi connectivity index (χ4v) is 2.11. The predicted octanol–water partition coefficient (Wildman–Crippen LogP) is 3.32. The molecule has 0 N–H and O–H groups in total. The number of carbonyl (C=O) groups excluding carboxylic acids is 1. The summed E-state index contributed by atoms with van der Waals surface area (Å²) in [5.74, 6) is -0.276. The van der Waals surface area contributed by atoms with Crippen molar-refractivity contribution in [2.45, 2.75) is 32.5 Å². The van der Waals surface area contributed by atoms with Crippen molar-refractivity contribution in [2.75, 3.05) is 13.9 Å². The number of ether oxygens (including phenoxy) is 4. The lowest BCUT2D eigenvalue weighted by atomic mass is 10.2. The Hall–Kier alpha value is -2.05. The fourth-order valence-electron chi connectivity index (χ4n) is 2.11. The summed E-state index contributed by atoms with van der Waals surface area (Å²) < 4.78 is 21.7. The maximum absolute atomic E-state index is 12.3. The number of carbonyl (C=O) groups is 1. The molecule has 25 heavy (non-hydrogen) atoms. The van der Waals surface area contributed by atoms with Crippen LogP contribution in [0.5, 0.6) is 0 Å². The van der Waals surface area contributed by atoms with E-state index in [9.17, 15) is 4.79 Å². The van der Waals surface area contributed by atoms with E-state index in [1.807, 2.05) is 60.7 Å². The molecule has 5 heteroatoms. The predicted molar refractivity (Wildman–Crippen MR) is 93.7 cm³/mol. The molecule has 0 spiro atoms. The number of hydrogen-bond donors (Lipinski definition) is 0. The molecule has 0 saturated heterocycles. The molecule has 5 nitrogen and oxygen atoms in total. The van der Waals surface area contributed by atoms with E-state index in [0.29, 0.717) is 6.61 Å². The van der Waals surface area contributed by atoms with E-state index in [1.54, 1.807) is 6.92 Å². The van der Waals surface area contributed by atoms with Crippen molar-refractivity contribution in [2.24, 2.45) is 0 Å². The zero-order valence-corrected chi connectivity index (χ0v) is 14.6. The maximum Gasteiger partial charge on any atom is 0.223 e. The van der Waals surface area contributed by atoms with Gasteiger partial charge in [0.05, 0.1) is 13.2 Å². The van der Waals surface area contributed by atoms with Gasteiger partial charge in [-0.3, -0.25) is 4.79 Å². The molecule has 0 saturated carbocycles. The quantitative estimate of drug-likeness (QED) is 0.462. The molecule has 2 rings (SSSR count). The molecular weight excluding hydrogens is 320 g/mol. The highest BCUT2D eigenvalue weighted by Gasteiger charge is 2.25. The summed E-state index contributed by atoms with van der Waals surface area (Å²) in [6, 6.07) is 19.3. The van der Waals surface area contributed by atoms with E-state index in [0.717, 1.165) is 11.1 Å². The zero-order valence-electron chi connectivity index (χ0n) is 14.6. The average molecular weight is 344 g/mol. The smallest absolute Gasteiger partial charge is 0.223 e. The Balaban J connectivity index is 1.84. The van der Waals surface area contributed by atoms with Gasteiger partial charge >= 0.3 is 0 Å². The third-order valence-electron chi connectivity index (χ3n) is 3.65. The topological polar surface area (TPSA) is 54.0 Å². The minimum Gasteiger partial charge on any atom is -0.374 e. The Morgan fingerprint density at radius 2 is 1.44 bits per heavy atom. The Morgan fingerprint density at radius 1 is 0.880 bits per heavy atom. The van der Waals surface area contributed by atoms with Crippen LogP contribution in [0, 0.1) is 0 Å². The summed E-state index contributed by atoms with van der Waals surface area (Å²) in [7, 11) is 1.47. The molecule has 2 aromatic rings. The summed E-state index contributed by atoms with van der Waals surface area (Å²) in [4.78, 5) is 12.3. The van der Waals surface area contributed by atoms with Crippen molar-refractivity contribution >= 4 is 5.78 Å². The molecule has 0 aromatic heterocycles. The van der Waals surface area contributed by atoms with E-state index >= 15 is 0 Å². The van der Waals surface area contributed by atoms with Gasteiger partial charge in [0.1, 0.15) is 6.10 Å². The van der Waals surface area contributed by atoms with E-state index in [-0.39, 0.29) is 19.2 Å². The van der Waals surface area contributed by atoms with Gasteiger partial charge in [0.2, 0.25) is 12.1 Å². The van der Waals surface area contributed by atoms with Crippen LogP contribution in [0.25, 0.3) is 0 Å². The lowest BCUT2D eigenvalue weighted by molar-refractivity contribution is -0.209. The number of rotatable bonds is 11. The number of hydrogen-bond acceptors (Lipinski definition) is 5. The summed E-state index contributed by atoms with van der Waals surface area (Å²) in [5.41, 5.74) is 1.99. The Morgan fingerprint density at radius 3 is 2.00 bits per heavy atom. The van der Waals surface area contributed by atoms with Gasteiger partial charge in [-0.25, -0.2) is 0 Å². The van der Waals surface area contributed by atoms with E-state index in [1.165, 1.54) is 7.11 Å². The highest BCUT2D eigenvalue weighted by molar-refractivity contribution is 5.85. The van der Waals surface area contributed by atoms with E-state index < -0.39 is 12.4 Å². The van der Waals surface area contributed by atoms with Gasteiger partial charge in [-0.15, -0.1) is 0 Å². The van der Waals surface area contributed by atoms with E-state index in [2.05, 4.69) is 0 Å². The fraction of sp³-hybridized carbons (Fsp3) is 0.350. The number of Topliss-reactive ketones (excluding diaryl/α,β-unsaturated/α-hetero) is 1. The minimum atomic E-state index is -1.04. The second kappa shape index (κ2) is 10.7. The van der Waals surface area contributed by atoms with Crippen LogP contribution in [0.15, 0.2) is 60.7 Å². The zero-order chi connectivity index (χ0) is 17.9. The Kier molecular flexibility index (Phi) is 8.28. The van der Waals surface area contributed by atoms with Crippen LogP contribution in [-0.2, 0) is 37.0 Å². The number of methoxy groups -OCH3 is 1. The van der Waals surface area contributed by atoms with Gasteiger partial charge in [0, 0.05) is 7.11 Å². The van der Waals surface area contributed by atoms with Crippen molar-refractivity contribution < 1.29 is 23.7 Å². The highest BCUT2D eigenvalue weighted by Crippen LogP contribution is 2.09. The van der Waals surface area contributed by atoms with Crippen molar-refractivity contribution in [1.82, 2.24) is 0 Å². The van der Waals surface area contributed by atoms with Gasteiger partial charge in [0.15, 0.2) is 6.79 Å². The average Bonchev–Trinajstić information content (AvgIpc) is 2.68. The maximum atomic E-state index is 12.3. The number of benzene rings is 2. The van der Waals surface area contributed by atoms with Gasteiger partial charge in [-0.05, 0) is 18.1 Å².